The van der Waals surface area contributed by atoms with E-state index in [1.54, 1.807) is 24.8 Å². The summed E-state index contributed by atoms with van der Waals surface area (Å²) in [5.74, 6) is 0.736. The van der Waals surface area contributed by atoms with Crippen LogP contribution in [0.1, 0.15) is 18.9 Å². The number of carbonyl (C=O) groups is 2. The molecule has 3 amide bonds. The highest BCUT2D eigenvalue weighted by atomic mass is 32.2. The average Bonchev–Trinajstić information content (AvgIpc) is 2.62. The van der Waals surface area contributed by atoms with Gasteiger partial charge in [-0.1, -0.05) is 31.2 Å². The average molecular weight is 357 g/mol. The third kappa shape index (κ3) is 6.51. The van der Waals surface area contributed by atoms with Crippen LogP contribution in [0.3, 0.4) is 0 Å². The summed E-state index contributed by atoms with van der Waals surface area (Å²) in [4.78, 5) is 24.7. The molecule has 0 fully saturated rings. The van der Waals surface area contributed by atoms with Crippen LogP contribution in [0.15, 0.2) is 53.4 Å². The van der Waals surface area contributed by atoms with Gasteiger partial charge in [-0.3, -0.25) is 4.79 Å². The summed E-state index contributed by atoms with van der Waals surface area (Å²) < 4.78 is 0. The molecule has 132 valence electrons. The highest BCUT2D eigenvalue weighted by Gasteiger charge is 2.07. The van der Waals surface area contributed by atoms with Crippen LogP contribution in [0.25, 0.3) is 0 Å². The number of hydrogen-bond donors (Lipinski definition) is 3. The normalized spacial score (nSPS) is 10.2. The maximum absolute atomic E-state index is 12.0. The predicted molar refractivity (Wildman–Crippen MR) is 104 cm³/mol. The first-order valence-corrected chi connectivity index (χ1v) is 9.20. The Bertz CT molecular complexity index is 720. The van der Waals surface area contributed by atoms with Crippen molar-refractivity contribution in [2.24, 2.45) is 0 Å². The van der Waals surface area contributed by atoms with Crippen molar-refractivity contribution in [3.63, 3.8) is 0 Å². The van der Waals surface area contributed by atoms with E-state index >= 15 is 0 Å². The number of thioether (sulfide) groups is 1. The van der Waals surface area contributed by atoms with E-state index in [2.05, 4.69) is 16.0 Å². The molecule has 0 aromatic heterocycles. The number of carbonyl (C=O) groups excluding carboxylic acids is 2. The minimum atomic E-state index is -0.254. The Balaban J connectivity index is 1.81. The van der Waals surface area contributed by atoms with Crippen molar-refractivity contribution >= 4 is 35.1 Å². The molecule has 6 heteroatoms. The molecule has 2 aromatic rings. The van der Waals surface area contributed by atoms with E-state index in [0.717, 1.165) is 11.3 Å². The minimum absolute atomic E-state index is 0.0582. The first kappa shape index (κ1) is 18.9. The Hall–Kier alpha value is -2.47. The molecule has 0 saturated heterocycles. The third-order valence-electron chi connectivity index (χ3n) is 3.49. The second kappa shape index (κ2) is 9.74. The number of nitrogens with one attached hydrogen (secondary N) is 3. The number of hydrogen-bond acceptors (Lipinski definition) is 3. The van der Waals surface area contributed by atoms with Gasteiger partial charge in [-0.15, -0.1) is 11.8 Å². The Morgan fingerprint density at radius 2 is 1.80 bits per heavy atom. The molecule has 25 heavy (non-hydrogen) atoms. The lowest BCUT2D eigenvalue weighted by atomic mass is 10.2. The summed E-state index contributed by atoms with van der Waals surface area (Å²) in [6.45, 7) is 4.27. The van der Waals surface area contributed by atoms with Crippen molar-refractivity contribution in [1.82, 2.24) is 5.32 Å². The van der Waals surface area contributed by atoms with E-state index in [9.17, 15) is 9.59 Å². The van der Waals surface area contributed by atoms with Gasteiger partial charge in [0.05, 0.1) is 0 Å². The Morgan fingerprint density at radius 1 is 1.04 bits per heavy atom. The fraction of sp³-hybridized carbons (Fsp3) is 0.263. The van der Waals surface area contributed by atoms with Crippen molar-refractivity contribution < 1.29 is 9.59 Å². The SMILES string of the molecule is CCC(=O)Nc1ccc(C)c(NC(=O)NCCSc2ccccc2)c1. The Labute approximate surface area is 152 Å². The second-order valence-electron chi connectivity index (χ2n) is 5.47. The zero-order valence-electron chi connectivity index (χ0n) is 14.5. The Kier molecular flexibility index (Phi) is 7.35. The number of amides is 3. The van der Waals surface area contributed by atoms with Crippen molar-refractivity contribution in [2.45, 2.75) is 25.2 Å². The summed E-state index contributed by atoms with van der Waals surface area (Å²) in [6.07, 6.45) is 0.413. The van der Waals surface area contributed by atoms with Gasteiger partial charge in [0.15, 0.2) is 0 Å². The fourth-order valence-electron chi connectivity index (χ4n) is 2.10. The van der Waals surface area contributed by atoms with E-state index in [4.69, 9.17) is 0 Å². The number of urea groups is 1. The molecule has 0 bridgehead atoms. The zero-order chi connectivity index (χ0) is 18.1. The monoisotopic (exact) mass is 357 g/mol. The van der Waals surface area contributed by atoms with E-state index < -0.39 is 0 Å². The summed E-state index contributed by atoms with van der Waals surface area (Å²) in [5, 5.41) is 8.46. The smallest absolute Gasteiger partial charge is 0.319 e. The summed E-state index contributed by atoms with van der Waals surface area (Å²) in [6, 6.07) is 15.3. The van der Waals surface area contributed by atoms with Crippen molar-refractivity contribution in [1.29, 1.82) is 0 Å². The van der Waals surface area contributed by atoms with Gasteiger partial charge in [-0.05, 0) is 36.8 Å². The van der Waals surface area contributed by atoms with Crippen LogP contribution in [0.5, 0.6) is 0 Å². The van der Waals surface area contributed by atoms with Crippen LogP contribution in [0.4, 0.5) is 16.2 Å². The second-order valence-corrected chi connectivity index (χ2v) is 6.64. The lowest BCUT2D eigenvalue weighted by molar-refractivity contribution is -0.115. The minimum Gasteiger partial charge on any atom is -0.337 e. The van der Waals surface area contributed by atoms with E-state index in [0.29, 0.717) is 24.3 Å². The quantitative estimate of drug-likeness (QED) is 0.512. The molecule has 0 radical (unpaired) electrons. The van der Waals surface area contributed by atoms with Crippen LogP contribution >= 0.6 is 11.8 Å². The largest absolute Gasteiger partial charge is 0.337 e. The first-order valence-electron chi connectivity index (χ1n) is 8.21. The maximum Gasteiger partial charge on any atom is 0.319 e. The third-order valence-corrected chi connectivity index (χ3v) is 4.50. The molecule has 2 rings (SSSR count). The van der Waals surface area contributed by atoms with Gasteiger partial charge in [-0.25, -0.2) is 4.79 Å². The van der Waals surface area contributed by atoms with E-state index in [1.165, 1.54) is 4.90 Å². The van der Waals surface area contributed by atoms with Crippen molar-refractivity contribution in [3.8, 4) is 0 Å². The molecule has 0 aliphatic rings. The number of aryl methyl sites for hydroxylation is 1. The van der Waals surface area contributed by atoms with Gasteiger partial charge < -0.3 is 16.0 Å². The lowest BCUT2D eigenvalue weighted by Crippen LogP contribution is -2.30. The van der Waals surface area contributed by atoms with Gasteiger partial charge >= 0.3 is 6.03 Å². The van der Waals surface area contributed by atoms with Crippen LogP contribution in [0, 0.1) is 6.92 Å². The molecule has 2 aromatic carbocycles. The van der Waals surface area contributed by atoms with Gasteiger partial charge in [0, 0.05) is 35.0 Å². The molecule has 0 atom stereocenters. The number of anilines is 2. The van der Waals surface area contributed by atoms with Crippen molar-refractivity contribution in [3.05, 3.63) is 54.1 Å². The van der Waals surface area contributed by atoms with Crippen LogP contribution < -0.4 is 16.0 Å². The summed E-state index contributed by atoms with van der Waals surface area (Å²) in [7, 11) is 0. The summed E-state index contributed by atoms with van der Waals surface area (Å²) >= 11 is 1.69. The topological polar surface area (TPSA) is 70.2 Å². The van der Waals surface area contributed by atoms with Gasteiger partial charge in [0.25, 0.3) is 0 Å². The standard InChI is InChI=1S/C19H23N3O2S/c1-3-18(23)21-15-10-9-14(2)17(13-15)22-19(24)20-11-12-25-16-7-5-4-6-8-16/h4-10,13H,3,11-12H2,1-2H3,(H,21,23)(H2,20,22,24). The molecule has 3 N–H and O–H groups in total. The highest BCUT2D eigenvalue weighted by molar-refractivity contribution is 7.99. The number of benzene rings is 2. The van der Waals surface area contributed by atoms with Crippen LogP contribution in [-0.4, -0.2) is 24.2 Å². The van der Waals surface area contributed by atoms with E-state index in [1.807, 2.05) is 49.4 Å². The van der Waals surface area contributed by atoms with Crippen LogP contribution in [0.2, 0.25) is 0 Å². The molecule has 0 spiro atoms. The van der Waals surface area contributed by atoms with Gasteiger partial charge in [0.2, 0.25) is 5.91 Å². The molecule has 5 nitrogen and oxygen atoms in total. The molecular weight excluding hydrogens is 334 g/mol. The van der Waals surface area contributed by atoms with Crippen molar-refractivity contribution in [2.75, 3.05) is 22.9 Å². The maximum atomic E-state index is 12.0. The first-order chi connectivity index (χ1) is 12.1. The molecule has 0 aliphatic carbocycles. The molecular formula is C19H23N3O2S. The van der Waals surface area contributed by atoms with Gasteiger partial charge in [0.1, 0.15) is 0 Å². The van der Waals surface area contributed by atoms with E-state index in [-0.39, 0.29) is 11.9 Å². The zero-order valence-corrected chi connectivity index (χ0v) is 15.3. The molecule has 0 unspecified atom stereocenters. The highest BCUT2D eigenvalue weighted by Crippen LogP contribution is 2.20. The predicted octanol–water partition coefficient (Wildman–Crippen LogP) is 4.26. The molecule has 0 aliphatic heterocycles. The fourth-order valence-corrected chi connectivity index (χ4v) is 2.89. The van der Waals surface area contributed by atoms with Gasteiger partial charge in [-0.2, -0.15) is 0 Å². The summed E-state index contributed by atoms with van der Waals surface area (Å²) in [5.41, 5.74) is 2.29. The Morgan fingerprint density at radius 3 is 2.52 bits per heavy atom. The molecule has 0 saturated carbocycles. The molecule has 0 heterocycles. The lowest BCUT2D eigenvalue weighted by Gasteiger charge is -2.12. The number of rotatable bonds is 7. The van der Waals surface area contributed by atoms with Crippen LogP contribution in [-0.2, 0) is 4.79 Å².